The number of fused-ring (bicyclic) bond motifs is 1. The molecule has 0 aliphatic carbocycles. The summed E-state index contributed by atoms with van der Waals surface area (Å²) in [6.45, 7) is 4.17. The molecule has 1 amide bonds. The number of rotatable bonds is 7. The van der Waals surface area contributed by atoms with E-state index in [0.717, 1.165) is 11.3 Å². The lowest BCUT2D eigenvalue weighted by molar-refractivity contribution is -0.152. The van der Waals surface area contributed by atoms with E-state index in [0.29, 0.717) is 23.8 Å². The zero-order valence-electron chi connectivity index (χ0n) is 15.2. The molecule has 0 saturated heterocycles. The van der Waals surface area contributed by atoms with Gasteiger partial charge in [0.25, 0.3) is 5.91 Å². The molecular weight excluding hydrogens is 350 g/mol. The lowest BCUT2D eigenvalue weighted by Gasteiger charge is -2.14. The molecule has 142 valence electrons. The molecule has 1 heterocycles. The highest BCUT2D eigenvalue weighted by molar-refractivity contribution is 5.95. The van der Waals surface area contributed by atoms with Crippen LogP contribution in [0.15, 0.2) is 42.5 Å². The van der Waals surface area contributed by atoms with Crippen LogP contribution >= 0.6 is 0 Å². The van der Waals surface area contributed by atoms with Crippen molar-refractivity contribution in [3.05, 3.63) is 48.0 Å². The molecule has 1 N–H and O–H groups in total. The first-order valence-corrected chi connectivity index (χ1v) is 8.67. The van der Waals surface area contributed by atoms with E-state index in [4.69, 9.17) is 18.9 Å². The first kappa shape index (κ1) is 18.6. The van der Waals surface area contributed by atoms with Gasteiger partial charge in [-0.1, -0.05) is 12.1 Å². The van der Waals surface area contributed by atoms with Crippen LogP contribution in [0.4, 0.5) is 5.69 Å². The Kier molecular flexibility index (Phi) is 5.80. The van der Waals surface area contributed by atoms with E-state index in [1.165, 1.54) is 6.92 Å². The van der Waals surface area contributed by atoms with Crippen molar-refractivity contribution < 1.29 is 28.5 Å². The van der Waals surface area contributed by atoms with E-state index >= 15 is 0 Å². The maximum atomic E-state index is 12.2. The molecule has 0 aromatic heterocycles. The van der Waals surface area contributed by atoms with Crippen LogP contribution in [0.1, 0.15) is 19.4 Å². The number of anilines is 1. The van der Waals surface area contributed by atoms with Crippen LogP contribution in [0, 0.1) is 0 Å². The maximum absolute atomic E-state index is 12.2. The fraction of sp³-hybridized carbons (Fsp3) is 0.300. The summed E-state index contributed by atoms with van der Waals surface area (Å²) in [6.07, 6.45) is -0.848. The van der Waals surface area contributed by atoms with Gasteiger partial charge in [-0.25, -0.2) is 0 Å². The third kappa shape index (κ3) is 4.91. The molecule has 7 nitrogen and oxygen atoms in total. The van der Waals surface area contributed by atoms with Gasteiger partial charge in [-0.05, 0) is 43.7 Å². The normalized spacial score (nSPS) is 13.0. The molecule has 1 unspecified atom stereocenters. The second kappa shape index (κ2) is 8.44. The molecule has 2 aromatic carbocycles. The minimum absolute atomic E-state index is 0.0774. The number of hydrogen-bond donors (Lipinski definition) is 1. The fourth-order valence-electron chi connectivity index (χ4n) is 2.55. The van der Waals surface area contributed by atoms with Gasteiger partial charge in [-0.3, -0.25) is 9.59 Å². The van der Waals surface area contributed by atoms with Gasteiger partial charge in [-0.15, -0.1) is 0 Å². The maximum Gasteiger partial charge on any atom is 0.311 e. The molecule has 0 radical (unpaired) electrons. The summed E-state index contributed by atoms with van der Waals surface area (Å²) >= 11 is 0. The number of amides is 1. The van der Waals surface area contributed by atoms with Gasteiger partial charge < -0.3 is 24.3 Å². The Bertz CT molecular complexity index is 818. The van der Waals surface area contributed by atoms with Gasteiger partial charge in [0.2, 0.25) is 6.79 Å². The third-order valence-electron chi connectivity index (χ3n) is 3.90. The number of carbonyl (C=O) groups is 2. The minimum atomic E-state index is -0.925. The molecule has 0 saturated carbocycles. The molecule has 2 aromatic rings. The largest absolute Gasteiger partial charge is 0.494 e. The van der Waals surface area contributed by atoms with Crippen molar-refractivity contribution in [2.75, 3.05) is 18.7 Å². The topological polar surface area (TPSA) is 83.1 Å². The van der Waals surface area contributed by atoms with Crippen molar-refractivity contribution in [2.24, 2.45) is 0 Å². The second-order valence-electron chi connectivity index (χ2n) is 5.94. The number of nitrogens with one attached hydrogen (secondary N) is 1. The highest BCUT2D eigenvalue weighted by Gasteiger charge is 2.20. The van der Waals surface area contributed by atoms with Crippen molar-refractivity contribution in [1.29, 1.82) is 0 Å². The van der Waals surface area contributed by atoms with Gasteiger partial charge in [0.05, 0.1) is 13.0 Å². The summed E-state index contributed by atoms with van der Waals surface area (Å²) in [5, 5.41) is 2.69. The van der Waals surface area contributed by atoms with Gasteiger partial charge in [-0.2, -0.15) is 0 Å². The molecule has 1 aliphatic rings. The number of esters is 1. The van der Waals surface area contributed by atoms with E-state index in [2.05, 4.69) is 5.32 Å². The van der Waals surface area contributed by atoms with Crippen molar-refractivity contribution in [1.82, 2.24) is 0 Å². The smallest absolute Gasteiger partial charge is 0.311 e. The first-order valence-electron chi connectivity index (χ1n) is 8.67. The highest BCUT2D eigenvalue weighted by Crippen LogP contribution is 2.34. The van der Waals surface area contributed by atoms with E-state index in [1.807, 2.05) is 6.92 Å². The summed E-state index contributed by atoms with van der Waals surface area (Å²) in [6, 6.07) is 12.2. The van der Waals surface area contributed by atoms with Crippen LogP contribution in [0.3, 0.4) is 0 Å². The van der Waals surface area contributed by atoms with Gasteiger partial charge in [0, 0.05) is 11.8 Å². The molecular formula is C20H21NO6. The molecule has 1 atom stereocenters. The zero-order chi connectivity index (χ0) is 19.2. The molecule has 0 fully saturated rings. The van der Waals surface area contributed by atoms with Crippen LogP contribution < -0.4 is 19.5 Å². The number of carbonyl (C=O) groups excluding carboxylic acids is 2. The summed E-state index contributed by atoms with van der Waals surface area (Å²) in [4.78, 5) is 24.3. The quantitative estimate of drug-likeness (QED) is 0.754. The molecule has 0 spiro atoms. The molecule has 27 heavy (non-hydrogen) atoms. The van der Waals surface area contributed by atoms with Gasteiger partial charge in [0.1, 0.15) is 5.75 Å². The van der Waals surface area contributed by atoms with Crippen molar-refractivity contribution in [3.8, 4) is 17.2 Å². The van der Waals surface area contributed by atoms with Crippen molar-refractivity contribution in [2.45, 2.75) is 26.4 Å². The van der Waals surface area contributed by atoms with Crippen LogP contribution in [0.5, 0.6) is 17.2 Å². The average Bonchev–Trinajstić information content (AvgIpc) is 3.11. The summed E-state index contributed by atoms with van der Waals surface area (Å²) in [7, 11) is 0. The highest BCUT2D eigenvalue weighted by atomic mass is 16.7. The second-order valence-corrected chi connectivity index (χ2v) is 5.94. The first-order chi connectivity index (χ1) is 13.0. The van der Waals surface area contributed by atoms with Gasteiger partial charge >= 0.3 is 5.97 Å². The van der Waals surface area contributed by atoms with Crippen LogP contribution in [0.2, 0.25) is 0 Å². The minimum Gasteiger partial charge on any atom is -0.494 e. The summed E-state index contributed by atoms with van der Waals surface area (Å²) < 4.78 is 21.1. The van der Waals surface area contributed by atoms with Crippen LogP contribution in [-0.2, 0) is 20.7 Å². The van der Waals surface area contributed by atoms with E-state index in [9.17, 15) is 9.59 Å². The zero-order valence-corrected chi connectivity index (χ0v) is 15.2. The van der Waals surface area contributed by atoms with E-state index < -0.39 is 18.0 Å². The lowest BCUT2D eigenvalue weighted by Crippen LogP contribution is -2.30. The monoisotopic (exact) mass is 371 g/mol. The van der Waals surface area contributed by atoms with E-state index in [-0.39, 0.29) is 13.2 Å². The summed E-state index contributed by atoms with van der Waals surface area (Å²) in [5.74, 6) is 1.03. The number of hydrogen-bond acceptors (Lipinski definition) is 6. The summed E-state index contributed by atoms with van der Waals surface area (Å²) in [5.41, 5.74) is 1.32. The van der Waals surface area contributed by atoms with Crippen LogP contribution in [0.25, 0.3) is 0 Å². The number of ether oxygens (including phenoxy) is 4. The van der Waals surface area contributed by atoms with Gasteiger partial charge in [0.15, 0.2) is 17.6 Å². The predicted molar refractivity (Wildman–Crippen MR) is 98.1 cm³/mol. The number of benzene rings is 2. The SMILES string of the molecule is CCOc1ccc(CC(=O)OC(C)C(=O)Nc2ccc3c(c2)OCO3)cc1. The van der Waals surface area contributed by atoms with Crippen molar-refractivity contribution in [3.63, 3.8) is 0 Å². The molecule has 0 bridgehead atoms. The Morgan fingerprint density at radius 3 is 2.59 bits per heavy atom. The Labute approximate surface area is 157 Å². The Morgan fingerprint density at radius 1 is 1.11 bits per heavy atom. The standard InChI is InChI=1S/C20H21NO6/c1-3-24-16-7-4-14(5-8-16)10-19(22)27-13(2)20(23)21-15-6-9-17-18(11-15)26-12-25-17/h4-9,11,13H,3,10,12H2,1-2H3,(H,21,23). The van der Waals surface area contributed by atoms with Crippen molar-refractivity contribution >= 4 is 17.6 Å². The van der Waals surface area contributed by atoms with E-state index in [1.54, 1.807) is 42.5 Å². The predicted octanol–water partition coefficient (Wildman–Crippen LogP) is 2.93. The Hall–Kier alpha value is -3.22. The van der Waals surface area contributed by atoms with Crippen LogP contribution in [-0.4, -0.2) is 31.4 Å². The molecule has 1 aliphatic heterocycles. The lowest BCUT2D eigenvalue weighted by atomic mass is 10.1. The molecule has 7 heteroatoms. The third-order valence-corrected chi connectivity index (χ3v) is 3.90. The Morgan fingerprint density at radius 2 is 1.85 bits per heavy atom. The Balaban J connectivity index is 1.50. The average molecular weight is 371 g/mol. The molecule has 3 rings (SSSR count). The fourth-order valence-corrected chi connectivity index (χ4v) is 2.55.